The van der Waals surface area contributed by atoms with Crippen LogP contribution in [0, 0.1) is 0 Å². The molecule has 0 saturated carbocycles. The molecular formula is C15H20BrNO2S. The van der Waals surface area contributed by atoms with Crippen molar-refractivity contribution in [2.24, 2.45) is 0 Å². The lowest BCUT2D eigenvalue weighted by Crippen LogP contribution is -2.23. The summed E-state index contributed by atoms with van der Waals surface area (Å²) in [5, 5.41) is 6.83. The first-order valence-corrected chi connectivity index (χ1v) is 8.42. The van der Waals surface area contributed by atoms with Gasteiger partial charge < -0.3 is 14.8 Å². The number of benzene rings is 1. The summed E-state index contributed by atoms with van der Waals surface area (Å²) in [6.45, 7) is 4.01. The van der Waals surface area contributed by atoms with Gasteiger partial charge in [0.05, 0.1) is 19.8 Å². The van der Waals surface area contributed by atoms with Crippen LogP contribution in [0.15, 0.2) is 28.1 Å². The summed E-state index contributed by atoms with van der Waals surface area (Å²) in [6.07, 6.45) is 0.967. The van der Waals surface area contributed by atoms with E-state index in [1.165, 1.54) is 20.1 Å². The van der Waals surface area contributed by atoms with Gasteiger partial charge in [-0.2, -0.15) is 0 Å². The van der Waals surface area contributed by atoms with Crippen LogP contribution in [0.4, 0.5) is 0 Å². The van der Waals surface area contributed by atoms with E-state index in [1.54, 1.807) is 18.4 Å². The number of halogens is 1. The van der Waals surface area contributed by atoms with Crippen LogP contribution in [0.5, 0.6) is 0 Å². The molecule has 1 N–H and O–H groups in total. The standard InChI is InChI=1S/C15H20BrNO2S/c1-18-9-6-17-7-10-19-8-5-12-11-20-15-13(12)3-2-4-14(15)16/h2-4,11,17H,5-10H2,1H3. The minimum absolute atomic E-state index is 0.746. The lowest BCUT2D eigenvalue weighted by atomic mass is 10.1. The minimum Gasteiger partial charge on any atom is -0.383 e. The number of hydrogen-bond acceptors (Lipinski definition) is 4. The van der Waals surface area contributed by atoms with E-state index in [2.05, 4.69) is 44.8 Å². The number of methoxy groups -OCH3 is 1. The van der Waals surface area contributed by atoms with Gasteiger partial charge in [-0.3, -0.25) is 0 Å². The van der Waals surface area contributed by atoms with Crippen LogP contribution in [0.1, 0.15) is 5.56 Å². The molecule has 20 heavy (non-hydrogen) atoms. The van der Waals surface area contributed by atoms with Gasteiger partial charge in [-0.1, -0.05) is 12.1 Å². The van der Waals surface area contributed by atoms with E-state index in [0.717, 1.165) is 39.3 Å². The molecule has 0 saturated heterocycles. The summed E-state index contributed by atoms with van der Waals surface area (Å²) in [5.41, 5.74) is 1.37. The molecule has 0 radical (unpaired) electrons. The fourth-order valence-electron chi connectivity index (χ4n) is 2.00. The van der Waals surface area contributed by atoms with E-state index < -0.39 is 0 Å². The van der Waals surface area contributed by atoms with Crippen molar-refractivity contribution in [1.82, 2.24) is 5.32 Å². The summed E-state index contributed by atoms with van der Waals surface area (Å²) in [6, 6.07) is 6.35. The van der Waals surface area contributed by atoms with Crippen LogP contribution in [0.25, 0.3) is 10.1 Å². The zero-order valence-corrected chi connectivity index (χ0v) is 14.1. The zero-order chi connectivity index (χ0) is 14.2. The number of rotatable bonds is 9. The Hall–Kier alpha value is -0.460. The van der Waals surface area contributed by atoms with Gasteiger partial charge in [0.1, 0.15) is 0 Å². The Morgan fingerprint density at radius 1 is 1.20 bits per heavy atom. The summed E-state index contributed by atoms with van der Waals surface area (Å²) in [5.74, 6) is 0. The minimum atomic E-state index is 0.746. The Kier molecular flexibility index (Phi) is 6.96. The second-order valence-electron chi connectivity index (χ2n) is 4.48. The Labute approximate surface area is 132 Å². The van der Waals surface area contributed by atoms with Crippen LogP contribution in [-0.2, 0) is 15.9 Å². The Morgan fingerprint density at radius 2 is 2.05 bits per heavy atom. The molecule has 1 aromatic heterocycles. The van der Waals surface area contributed by atoms with E-state index in [4.69, 9.17) is 9.47 Å². The Morgan fingerprint density at radius 3 is 2.90 bits per heavy atom. The molecule has 0 aliphatic rings. The maximum absolute atomic E-state index is 5.66. The average molecular weight is 358 g/mol. The average Bonchev–Trinajstić information content (AvgIpc) is 2.87. The molecule has 0 fully saturated rings. The SMILES string of the molecule is COCCNCCOCCc1csc2c(Br)cccc12. The predicted octanol–water partition coefficient (Wildman–Crippen LogP) is 3.46. The fraction of sp³-hybridized carbons (Fsp3) is 0.467. The van der Waals surface area contributed by atoms with Gasteiger partial charge in [-0.25, -0.2) is 0 Å². The molecule has 0 aliphatic carbocycles. The smallest absolute Gasteiger partial charge is 0.0591 e. The monoisotopic (exact) mass is 357 g/mol. The summed E-state index contributed by atoms with van der Waals surface area (Å²) < 4.78 is 13.1. The summed E-state index contributed by atoms with van der Waals surface area (Å²) >= 11 is 5.38. The zero-order valence-electron chi connectivity index (χ0n) is 11.7. The van der Waals surface area contributed by atoms with Crippen molar-refractivity contribution >= 4 is 37.4 Å². The predicted molar refractivity (Wildman–Crippen MR) is 88.8 cm³/mol. The highest BCUT2D eigenvalue weighted by molar-refractivity contribution is 9.10. The molecule has 2 aromatic rings. The van der Waals surface area contributed by atoms with Crippen LogP contribution < -0.4 is 5.32 Å². The van der Waals surface area contributed by atoms with Crippen molar-refractivity contribution in [3.05, 3.63) is 33.6 Å². The molecule has 0 spiro atoms. The highest BCUT2D eigenvalue weighted by atomic mass is 79.9. The van der Waals surface area contributed by atoms with Gasteiger partial charge in [0.2, 0.25) is 0 Å². The number of fused-ring (bicyclic) bond motifs is 1. The molecular weight excluding hydrogens is 338 g/mol. The van der Waals surface area contributed by atoms with Crippen LogP contribution in [0.3, 0.4) is 0 Å². The molecule has 2 rings (SSSR count). The molecule has 0 atom stereocenters. The van der Waals surface area contributed by atoms with E-state index in [9.17, 15) is 0 Å². The van der Waals surface area contributed by atoms with Gasteiger partial charge >= 0.3 is 0 Å². The van der Waals surface area contributed by atoms with Gasteiger partial charge in [0.15, 0.2) is 0 Å². The summed E-state index contributed by atoms with van der Waals surface area (Å²) in [7, 11) is 1.71. The van der Waals surface area contributed by atoms with Gasteiger partial charge in [-0.05, 0) is 44.7 Å². The number of hydrogen-bond donors (Lipinski definition) is 1. The van der Waals surface area contributed by atoms with Crippen LogP contribution >= 0.6 is 27.3 Å². The third-order valence-corrected chi connectivity index (χ3v) is 5.06. The largest absolute Gasteiger partial charge is 0.383 e. The van der Waals surface area contributed by atoms with Gasteiger partial charge in [-0.15, -0.1) is 11.3 Å². The van der Waals surface area contributed by atoms with Crippen LogP contribution in [0.2, 0.25) is 0 Å². The molecule has 0 bridgehead atoms. The lowest BCUT2D eigenvalue weighted by Gasteiger charge is -2.05. The molecule has 0 unspecified atom stereocenters. The quantitative estimate of drug-likeness (QED) is 0.697. The first-order chi connectivity index (χ1) is 9.83. The van der Waals surface area contributed by atoms with Crippen molar-refractivity contribution in [2.75, 3.05) is 40.0 Å². The van der Waals surface area contributed by atoms with Crippen molar-refractivity contribution in [1.29, 1.82) is 0 Å². The molecule has 5 heteroatoms. The highest BCUT2D eigenvalue weighted by Gasteiger charge is 2.06. The third kappa shape index (κ3) is 4.53. The summed E-state index contributed by atoms with van der Waals surface area (Å²) in [4.78, 5) is 0. The van der Waals surface area contributed by atoms with Crippen molar-refractivity contribution in [3.8, 4) is 0 Å². The molecule has 110 valence electrons. The third-order valence-electron chi connectivity index (χ3n) is 3.05. The maximum Gasteiger partial charge on any atom is 0.0591 e. The highest BCUT2D eigenvalue weighted by Crippen LogP contribution is 2.32. The van der Waals surface area contributed by atoms with Crippen molar-refractivity contribution in [3.63, 3.8) is 0 Å². The van der Waals surface area contributed by atoms with Crippen LogP contribution in [-0.4, -0.2) is 40.0 Å². The van der Waals surface area contributed by atoms with E-state index >= 15 is 0 Å². The van der Waals surface area contributed by atoms with Gasteiger partial charge in [0.25, 0.3) is 0 Å². The van der Waals surface area contributed by atoms with Crippen molar-refractivity contribution < 1.29 is 9.47 Å². The normalized spacial score (nSPS) is 11.3. The maximum atomic E-state index is 5.66. The second-order valence-corrected chi connectivity index (χ2v) is 6.22. The van der Waals surface area contributed by atoms with Gasteiger partial charge in [0, 0.05) is 29.4 Å². The Bertz CT molecular complexity index is 530. The topological polar surface area (TPSA) is 30.5 Å². The number of nitrogens with one attached hydrogen (secondary N) is 1. The number of ether oxygens (including phenoxy) is 2. The van der Waals surface area contributed by atoms with E-state index in [1.807, 2.05) is 0 Å². The second kappa shape index (κ2) is 8.74. The molecule has 3 nitrogen and oxygen atoms in total. The first-order valence-electron chi connectivity index (χ1n) is 6.75. The molecule has 1 aromatic carbocycles. The Balaban J connectivity index is 1.70. The first kappa shape index (κ1) is 15.9. The number of thiophene rings is 1. The molecule has 0 aliphatic heterocycles. The van der Waals surface area contributed by atoms with E-state index in [0.29, 0.717) is 0 Å². The van der Waals surface area contributed by atoms with Crippen molar-refractivity contribution in [2.45, 2.75) is 6.42 Å². The van der Waals surface area contributed by atoms with E-state index in [-0.39, 0.29) is 0 Å². The fourth-order valence-corrected chi connectivity index (χ4v) is 3.65. The molecule has 1 heterocycles. The lowest BCUT2D eigenvalue weighted by molar-refractivity contribution is 0.135. The molecule has 0 amide bonds.